The number of rotatable bonds is 2. The fraction of sp³-hybridized carbons (Fsp3) is 0.875. The average molecular weight is 125 g/mol. The van der Waals surface area contributed by atoms with Crippen molar-refractivity contribution in [2.75, 3.05) is 7.11 Å². The molecular weight excluding hydrogens is 112 g/mol. The predicted molar refractivity (Wildman–Crippen MR) is 36.0 cm³/mol. The molecule has 1 radical (unpaired) electrons. The number of methoxy groups -OCH3 is 1. The average Bonchev–Trinajstić information content (AvgIpc) is 1.62. The number of hydrogen-bond donors (Lipinski definition) is 0. The molecule has 3 rings (SSSR count). The zero-order valence-corrected chi connectivity index (χ0v) is 5.94. The molecule has 0 saturated heterocycles. The molecule has 3 aliphatic rings. The van der Waals surface area contributed by atoms with Gasteiger partial charge in [-0.1, -0.05) is 6.92 Å². The van der Waals surface area contributed by atoms with E-state index in [0.717, 1.165) is 6.42 Å². The zero-order valence-electron chi connectivity index (χ0n) is 5.94. The fourth-order valence-corrected chi connectivity index (χ4v) is 2.38. The van der Waals surface area contributed by atoms with Crippen molar-refractivity contribution in [3.8, 4) is 0 Å². The van der Waals surface area contributed by atoms with Crippen LogP contribution in [0.4, 0.5) is 0 Å². The third kappa shape index (κ3) is 0.493. The predicted octanol–water partition coefficient (Wildman–Crippen LogP) is 1.78. The Bertz CT molecular complexity index is 106. The Labute approximate surface area is 56.4 Å². The van der Waals surface area contributed by atoms with Crippen LogP contribution in [0.3, 0.4) is 0 Å². The smallest absolute Gasteiger partial charge is 0.0694 e. The Morgan fingerprint density at radius 1 is 1.44 bits per heavy atom. The quantitative estimate of drug-likeness (QED) is 0.546. The highest BCUT2D eigenvalue weighted by Gasteiger charge is 2.67. The molecule has 0 heterocycles. The lowest BCUT2D eigenvalue weighted by Gasteiger charge is -2.69. The third-order valence-electron chi connectivity index (χ3n) is 3.05. The van der Waals surface area contributed by atoms with Crippen LogP contribution >= 0.6 is 0 Å². The minimum Gasteiger partial charge on any atom is -0.378 e. The van der Waals surface area contributed by atoms with Gasteiger partial charge in [-0.2, -0.15) is 0 Å². The van der Waals surface area contributed by atoms with E-state index in [2.05, 4.69) is 6.92 Å². The van der Waals surface area contributed by atoms with Crippen molar-refractivity contribution in [1.82, 2.24) is 0 Å². The molecule has 0 spiro atoms. The molecule has 0 aromatic carbocycles. The summed E-state index contributed by atoms with van der Waals surface area (Å²) in [5.74, 6) is 0. The second-order valence-corrected chi connectivity index (χ2v) is 3.67. The highest BCUT2D eigenvalue weighted by molar-refractivity contribution is 5.19. The van der Waals surface area contributed by atoms with Gasteiger partial charge in [0.05, 0.1) is 5.60 Å². The molecule has 0 aromatic rings. The van der Waals surface area contributed by atoms with Gasteiger partial charge in [-0.05, 0) is 31.1 Å². The van der Waals surface area contributed by atoms with Gasteiger partial charge in [-0.25, -0.2) is 0 Å². The summed E-state index contributed by atoms with van der Waals surface area (Å²) in [7, 11) is 1.83. The molecular formula is C8H13O. The van der Waals surface area contributed by atoms with Crippen LogP contribution in [-0.2, 0) is 4.74 Å². The van der Waals surface area contributed by atoms with E-state index in [1.807, 2.05) is 7.11 Å². The first-order valence-electron chi connectivity index (χ1n) is 3.59. The van der Waals surface area contributed by atoms with Gasteiger partial charge in [0, 0.05) is 7.11 Å². The molecule has 0 aromatic heterocycles. The van der Waals surface area contributed by atoms with E-state index in [-0.39, 0.29) is 0 Å². The highest BCUT2D eigenvalue weighted by atomic mass is 16.5. The van der Waals surface area contributed by atoms with E-state index in [1.165, 1.54) is 19.3 Å². The van der Waals surface area contributed by atoms with Crippen LogP contribution in [0.5, 0.6) is 0 Å². The Morgan fingerprint density at radius 2 is 2.00 bits per heavy atom. The first-order chi connectivity index (χ1) is 4.24. The van der Waals surface area contributed by atoms with Crippen LogP contribution < -0.4 is 0 Å². The SMILES string of the molecule is [CH2]CC12CC(OC)(C1)C2. The fourth-order valence-electron chi connectivity index (χ4n) is 2.38. The van der Waals surface area contributed by atoms with Crippen LogP contribution in [0.2, 0.25) is 0 Å². The van der Waals surface area contributed by atoms with Crippen LogP contribution in [0.15, 0.2) is 0 Å². The van der Waals surface area contributed by atoms with Gasteiger partial charge in [0.1, 0.15) is 0 Å². The molecule has 1 heteroatoms. The summed E-state index contributed by atoms with van der Waals surface area (Å²) in [5, 5.41) is 0. The summed E-state index contributed by atoms with van der Waals surface area (Å²) in [6.07, 6.45) is 4.94. The van der Waals surface area contributed by atoms with Gasteiger partial charge in [0.25, 0.3) is 0 Å². The van der Waals surface area contributed by atoms with E-state index >= 15 is 0 Å². The third-order valence-corrected chi connectivity index (χ3v) is 3.05. The minimum atomic E-state index is 0.331. The van der Waals surface area contributed by atoms with Crippen molar-refractivity contribution >= 4 is 0 Å². The molecule has 9 heavy (non-hydrogen) atoms. The molecule has 0 aliphatic heterocycles. The van der Waals surface area contributed by atoms with Gasteiger partial charge in [0.15, 0.2) is 0 Å². The molecule has 3 fully saturated rings. The van der Waals surface area contributed by atoms with Crippen molar-refractivity contribution in [1.29, 1.82) is 0 Å². The van der Waals surface area contributed by atoms with Crippen molar-refractivity contribution in [2.45, 2.75) is 31.3 Å². The maximum absolute atomic E-state index is 5.34. The minimum absolute atomic E-state index is 0.331. The standard InChI is InChI=1S/C8H13O/c1-3-7-4-8(5-7,6-7)9-2/h1,3-6H2,2H3. The molecule has 51 valence electrons. The first kappa shape index (κ1) is 5.72. The second-order valence-electron chi connectivity index (χ2n) is 3.67. The first-order valence-corrected chi connectivity index (χ1v) is 3.59. The van der Waals surface area contributed by atoms with E-state index in [1.54, 1.807) is 0 Å². The number of hydrogen-bond acceptors (Lipinski definition) is 1. The summed E-state index contributed by atoms with van der Waals surface area (Å²) in [6.45, 7) is 3.93. The van der Waals surface area contributed by atoms with E-state index in [0.29, 0.717) is 11.0 Å². The maximum Gasteiger partial charge on any atom is 0.0694 e. The maximum atomic E-state index is 5.34. The van der Waals surface area contributed by atoms with Crippen LogP contribution in [0.1, 0.15) is 25.7 Å². The van der Waals surface area contributed by atoms with Gasteiger partial charge in [-0.3, -0.25) is 0 Å². The largest absolute Gasteiger partial charge is 0.378 e. The van der Waals surface area contributed by atoms with E-state index in [4.69, 9.17) is 4.74 Å². The molecule has 2 bridgehead atoms. The highest BCUT2D eigenvalue weighted by Crippen LogP contribution is 2.70. The Hall–Kier alpha value is -0.0400. The summed E-state index contributed by atoms with van der Waals surface area (Å²) in [5.41, 5.74) is 0.966. The van der Waals surface area contributed by atoms with Crippen LogP contribution in [0, 0.1) is 12.3 Å². The normalized spacial score (nSPS) is 54.0. The molecule has 3 saturated carbocycles. The molecule has 0 amide bonds. The van der Waals surface area contributed by atoms with Crippen molar-refractivity contribution in [3.63, 3.8) is 0 Å². The molecule has 0 atom stereocenters. The lowest BCUT2D eigenvalue weighted by atomic mass is 9.40. The Kier molecular flexibility index (Phi) is 0.852. The van der Waals surface area contributed by atoms with Gasteiger partial charge in [-0.15, -0.1) is 0 Å². The molecule has 3 aliphatic carbocycles. The summed E-state index contributed by atoms with van der Waals surface area (Å²) in [4.78, 5) is 0. The molecule has 0 N–H and O–H groups in total. The monoisotopic (exact) mass is 125 g/mol. The van der Waals surface area contributed by atoms with Crippen LogP contribution in [0.25, 0.3) is 0 Å². The lowest BCUT2D eigenvalue weighted by molar-refractivity contribution is -0.272. The Morgan fingerprint density at radius 3 is 2.33 bits per heavy atom. The summed E-state index contributed by atoms with van der Waals surface area (Å²) >= 11 is 0. The summed E-state index contributed by atoms with van der Waals surface area (Å²) < 4.78 is 5.34. The Balaban J connectivity index is 1.96. The van der Waals surface area contributed by atoms with Gasteiger partial charge in [0.2, 0.25) is 0 Å². The van der Waals surface area contributed by atoms with Gasteiger partial charge >= 0.3 is 0 Å². The van der Waals surface area contributed by atoms with Crippen molar-refractivity contribution in [2.24, 2.45) is 5.41 Å². The number of ether oxygens (including phenoxy) is 1. The van der Waals surface area contributed by atoms with Crippen molar-refractivity contribution in [3.05, 3.63) is 6.92 Å². The van der Waals surface area contributed by atoms with E-state index in [9.17, 15) is 0 Å². The van der Waals surface area contributed by atoms with Crippen LogP contribution in [-0.4, -0.2) is 12.7 Å². The van der Waals surface area contributed by atoms with Crippen molar-refractivity contribution < 1.29 is 4.74 Å². The summed E-state index contributed by atoms with van der Waals surface area (Å²) in [6, 6.07) is 0. The zero-order chi connectivity index (χ0) is 6.54. The second kappa shape index (κ2) is 1.34. The van der Waals surface area contributed by atoms with Gasteiger partial charge < -0.3 is 4.74 Å². The topological polar surface area (TPSA) is 9.23 Å². The lowest BCUT2D eigenvalue weighted by Crippen LogP contribution is -2.67. The van der Waals surface area contributed by atoms with E-state index < -0.39 is 0 Å². The molecule has 0 unspecified atom stereocenters. The molecule has 1 nitrogen and oxygen atoms in total.